The van der Waals surface area contributed by atoms with E-state index in [0.717, 1.165) is 64.7 Å². The SMILES string of the molecule is O=C(NC1CCCCC1)C1CCN(C2CCN(C(=O)c3ccc(Cl)cc3)CC2)CC1. The van der Waals surface area contributed by atoms with E-state index in [2.05, 4.69) is 10.2 Å². The Bertz CT molecular complexity index is 716. The smallest absolute Gasteiger partial charge is 0.253 e. The number of nitrogens with one attached hydrogen (secondary N) is 1. The van der Waals surface area contributed by atoms with Crippen molar-refractivity contribution in [2.24, 2.45) is 5.92 Å². The van der Waals surface area contributed by atoms with Crippen molar-refractivity contribution in [3.8, 4) is 0 Å². The summed E-state index contributed by atoms with van der Waals surface area (Å²) in [5.74, 6) is 0.558. The van der Waals surface area contributed by atoms with E-state index in [1.165, 1.54) is 19.3 Å². The van der Waals surface area contributed by atoms with Crippen LogP contribution in [-0.4, -0.2) is 59.9 Å². The van der Waals surface area contributed by atoms with Gasteiger partial charge in [-0.25, -0.2) is 0 Å². The summed E-state index contributed by atoms with van der Waals surface area (Å²) in [7, 11) is 0. The molecule has 0 unspecified atom stereocenters. The van der Waals surface area contributed by atoms with Gasteiger partial charge in [-0.2, -0.15) is 0 Å². The van der Waals surface area contributed by atoms with Crippen molar-refractivity contribution in [1.29, 1.82) is 0 Å². The summed E-state index contributed by atoms with van der Waals surface area (Å²) in [4.78, 5) is 29.9. The lowest BCUT2D eigenvalue weighted by Gasteiger charge is -2.41. The Morgan fingerprint density at radius 2 is 1.47 bits per heavy atom. The van der Waals surface area contributed by atoms with Gasteiger partial charge in [0, 0.05) is 41.7 Å². The maximum Gasteiger partial charge on any atom is 0.253 e. The molecule has 2 aliphatic heterocycles. The number of carbonyl (C=O) groups excluding carboxylic acids is 2. The topological polar surface area (TPSA) is 52.7 Å². The normalized spacial score (nSPS) is 22.8. The fraction of sp³-hybridized carbons (Fsp3) is 0.667. The molecule has 3 aliphatic rings. The average Bonchev–Trinajstić information content (AvgIpc) is 2.80. The molecule has 1 saturated carbocycles. The molecule has 164 valence electrons. The number of piperidine rings is 2. The minimum Gasteiger partial charge on any atom is -0.353 e. The second-order valence-electron chi connectivity index (χ2n) is 9.18. The number of nitrogens with zero attached hydrogens (tertiary/aromatic N) is 2. The lowest BCUT2D eigenvalue weighted by molar-refractivity contribution is -0.127. The molecule has 0 spiro atoms. The molecule has 6 heteroatoms. The van der Waals surface area contributed by atoms with Crippen LogP contribution in [0.25, 0.3) is 0 Å². The van der Waals surface area contributed by atoms with Gasteiger partial charge >= 0.3 is 0 Å². The van der Waals surface area contributed by atoms with E-state index in [1.54, 1.807) is 24.3 Å². The van der Waals surface area contributed by atoms with Crippen LogP contribution in [0.2, 0.25) is 5.02 Å². The van der Waals surface area contributed by atoms with Crippen LogP contribution in [0.4, 0.5) is 0 Å². The highest BCUT2D eigenvalue weighted by Crippen LogP contribution is 2.26. The number of hydrogen-bond acceptors (Lipinski definition) is 3. The molecule has 0 bridgehead atoms. The van der Waals surface area contributed by atoms with E-state index in [1.807, 2.05) is 4.90 Å². The fourth-order valence-corrected chi connectivity index (χ4v) is 5.43. The maximum atomic E-state index is 12.7. The van der Waals surface area contributed by atoms with Crippen LogP contribution in [0.5, 0.6) is 0 Å². The van der Waals surface area contributed by atoms with E-state index in [4.69, 9.17) is 11.6 Å². The molecule has 30 heavy (non-hydrogen) atoms. The van der Waals surface area contributed by atoms with Crippen molar-refractivity contribution in [3.05, 3.63) is 34.9 Å². The minimum atomic E-state index is 0.100. The van der Waals surface area contributed by atoms with E-state index in [0.29, 0.717) is 22.7 Å². The molecule has 0 atom stereocenters. The van der Waals surface area contributed by atoms with Crippen LogP contribution >= 0.6 is 11.6 Å². The molecule has 1 N–H and O–H groups in total. The number of halogens is 1. The number of hydrogen-bond donors (Lipinski definition) is 1. The van der Waals surface area contributed by atoms with Gasteiger partial charge in [0.15, 0.2) is 0 Å². The van der Waals surface area contributed by atoms with Crippen LogP contribution in [0.15, 0.2) is 24.3 Å². The Hall–Kier alpha value is -1.59. The van der Waals surface area contributed by atoms with E-state index < -0.39 is 0 Å². The van der Waals surface area contributed by atoms with Crippen LogP contribution in [-0.2, 0) is 4.79 Å². The molecule has 4 rings (SSSR count). The molecule has 1 aliphatic carbocycles. The second kappa shape index (κ2) is 10.1. The highest BCUT2D eigenvalue weighted by molar-refractivity contribution is 6.30. The summed E-state index contributed by atoms with van der Waals surface area (Å²) in [6.45, 7) is 3.60. The summed E-state index contributed by atoms with van der Waals surface area (Å²) < 4.78 is 0. The van der Waals surface area contributed by atoms with Crippen molar-refractivity contribution >= 4 is 23.4 Å². The predicted molar refractivity (Wildman–Crippen MR) is 120 cm³/mol. The Morgan fingerprint density at radius 1 is 0.833 bits per heavy atom. The Morgan fingerprint density at radius 3 is 2.10 bits per heavy atom. The number of likely N-dealkylation sites (tertiary alicyclic amines) is 2. The van der Waals surface area contributed by atoms with Crippen LogP contribution in [0.1, 0.15) is 68.1 Å². The van der Waals surface area contributed by atoms with Gasteiger partial charge in [-0.05, 0) is 75.9 Å². The van der Waals surface area contributed by atoms with Crippen molar-refractivity contribution in [2.45, 2.75) is 69.9 Å². The van der Waals surface area contributed by atoms with Crippen LogP contribution < -0.4 is 5.32 Å². The molecule has 2 saturated heterocycles. The highest BCUT2D eigenvalue weighted by atomic mass is 35.5. The van der Waals surface area contributed by atoms with Gasteiger partial charge in [-0.1, -0.05) is 30.9 Å². The van der Waals surface area contributed by atoms with E-state index in [-0.39, 0.29) is 17.7 Å². The van der Waals surface area contributed by atoms with Gasteiger partial charge < -0.3 is 15.1 Å². The van der Waals surface area contributed by atoms with Gasteiger partial charge in [0.25, 0.3) is 5.91 Å². The number of rotatable bonds is 4. The monoisotopic (exact) mass is 431 g/mol. The molecular weight excluding hydrogens is 398 g/mol. The maximum absolute atomic E-state index is 12.7. The lowest BCUT2D eigenvalue weighted by atomic mass is 9.91. The molecule has 2 heterocycles. The Kier molecular flexibility index (Phi) is 7.32. The third kappa shape index (κ3) is 5.36. The zero-order chi connectivity index (χ0) is 20.9. The predicted octanol–water partition coefficient (Wildman–Crippen LogP) is 4.11. The standard InChI is InChI=1S/C24H34ClN3O2/c25-20-8-6-19(7-9-20)24(30)28-16-12-22(13-17-28)27-14-10-18(11-15-27)23(29)26-21-4-2-1-3-5-21/h6-9,18,21-22H,1-5,10-17H2,(H,26,29). The quantitative estimate of drug-likeness (QED) is 0.780. The average molecular weight is 432 g/mol. The van der Waals surface area contributed by atoms with Gasteiger partial charge in [0.05, 0.1) is 0 Å². The van der Waals surface area contributed by atoms with Gasteiger partial charge in [0.1, 0.15) is 0 Å². The Balaban J connectivity index is 1.20. The first-order valence-corrected chi connectivity index (χ1v) is 12.1. The zero-order valence-electron chi connectivity index (χ0n) is 17.8. The second-order valence-corrected chi connectivity index (χ2v) is 9.62. The number of carbonyl (C=O) groups is 2. The summed E-state index contributed by atoms with van der Waals surface area (Å²) in [5.41, 5.74) is 0.711. The summed E-state index contributed by atoms with van der Waals surface area (Å²) in [6.07, 6.45) is 10.1. The van der Waals surface area contributed by atoms with Crippen molar-refractivity contribution in [3.63, 3.8) is 0 Å². The third-order valence-corrected chi connectivity index (χ3v) is 7.46. The molecule has 2 amide bonds. The fourth-order valence-electron chi connectivity index (χ4n) is 5.30. The molecule has 5 nitrogen and oxygen atoms in total. The van der Waals surface area contributed by atoms with Crippen LogP contribution in [0, 0.1) is 5.92 Å². The summed E-state index contributed by atoms with van der Waals surface area (Å²) in [6, 6.07) is 8.10. The lowest BCUT2D eigenvalue weighted by Crippen LogP contribution is -2.50. The van der Waals surface area contributed by atoms with Crippen molar-refractivity contribution in [2.75, 3.05) is 26.2 Å². The van der Waals surface area contributed by atoms with Crippen molar-refractivity contribution in [1.82, 2.24) is 15.1 Å². The van der Waals surface area contributed by atoms with Gasteiger partial charge in [-0.3, -0.25) is 9.59 Å². The highest BCUT2D eigenvalue weighted by Gasteiger charge is 2.32. The molecule has 3 fully saturated rings. The van der Waals surface area contributed by atoms with E-state index >= 15 is 0 Å². The minimum absolute atomic E-state index is 0.100. The molecule has 0 aromatic heterocycles. The first kappa shape index (κ1) is 21.6. The molecule has 1 aromatic rings. The summed E-state index contributed by atoms with van der Waals surface area (Å²) in [5, 5.41) is 3.96. The first-order chi connectivity index (χ1) is 14.6. The largest absolute Gasteiger partial charge is 0.353 e. The van der Waals surface area contributed by atoms with Gasteiger partial charge in [0.2, 0.25) is 5.91 Å². The van der Waals surface area contributed by atoms with Crippen molar-refractivity contribution < 1.29 is 9.59 Å². The molecular formula is C24H34ClN3O2. The zero-order valence-corrected chi connectivity index (χ0v) is 18.6. The van der Waals surface area contributed by atoms with Gasteiger partial charge in [-0.15, -0.1) is 0 Å². The molecule has 1 aromatic carbocycles. The molecule has 0 radical (unpaired) electrons. The number of amides is 2. The first-order valence-electron chi connectivity index (χ1n) is 11.7. The number of benzene rings is 1. The Labute approximate surface area is 185 Å². The summed E-state index contributed by atoms with van der Waals surface area (Å²) >= 11 is 5.93. The third-order valence-electron chi connectivity index (χ3n) is 7.21. The van der Waals surface area contributed by atoms with E-state index in [9.17, 15) is 9.59 Å². The van der Waals surface area contributed by atoms with Crippen LogP contribution in [0.3, 0.4) is 0 Å².